The van der Waals surface area contributed by atoms with Gasteiger partial charge in [0.2, 0.25) is 0 Å². The Balaban J connectivity index is 2.49. The summed E-state index contributed by atoms with van der Waals surface area (Å²) in [6.45, 7) is 3.62. The molecule has 6 nitrogen and oxygen atoms in total. The maximum atomic E-state index is 8.84. The van der Waals surface area contributed by atoms with Crippen LogP contribution in [0.1, 0.15) is 17.0 Å². The van der Waals surface area contributed by atoms with Gasteiger partial charge in [-0.3, -0.25) is 9.97 Å². The summed E-state index contributed by atoms with van der Waals surface area (Å²) >= 11 is 0. The number of hydrogen-bond acceptors (Lipinski definition) is 5. The first kappa shape index (κ1) is 12.8. The molecule has 2 heterocycles. The summed E-state index contributed by atoms with van der Waals surface area (Å²) in [6, 6.07) is 5.26. The Morgan fingerprint density at radius 1 is 1.42 bits per heavy atom. The smallest absolute Gasteiger partial charge is 0.175 e. The molecule has 0 aliphatic rings. The first-order valence-corrected chi connectivity index (χ1v) is 5.66. The zero-order valence-corrected chi connectivity index (χ0v) is 10.7. The molecule has 0 saturated heterocycles. The van der Waals surface area contributed by atoms with Gasteiger partial charge in [0.1, 0.15) is 11.5 Å². The second-order valence-electron chi connectivity index (χ2n) is 4.00. The number of pyridine rings is 2. The molecular formula is C13H14N4O2. The van der Waals surface area contributed by atoms with Crippen molar-refractivity contribution in [2.75, 3.05) is 0 Å². The summed E-state index contributed by atoms with van der Waals surface area (Å²) in [5, 5.41) is 11.9. The standard InChI is InChI=1S/C13H14N4O2/c1-8-6-11(19-10-4-3-5-15-7-10)12(9(2)16-8)13(14)17-18/h3-7,18H,1-2H3,(H2,14,17). The summed E-state index contributed by atoms with van der Waals surface area (Å²) in [6.07, 6.45) is 3.24. The number of aryl methyl sites for hydroxylation is 2. The number of aromatic nitrogens is 2. The van der Waals surface area contributed by atoms with Gasteiger partial charge in [0.25, 0.3) is 0 Å². The average molecular weight is 258 g/mol. The highest BCUT2D eigenvalue weighted by molar-refractivity contribution is 6.00. The molecule has 0 amide bonds. The van der Waals surface area contributed by atoms with Gasteiger partial charge in [0.05, 0.1) is 17.5 Å². The van der Waals surface area contributed by atoms with Gasteiger partial charge in [0.15, 0.2) is 5.84 Å². The summed E-state index contributed by atoms with van der Waals surface area (Å²) in [7, 11) is 0. The van der Waals surface area contributed by atoms with E-state index in [9.17, 15) is 0 Å². The topological polar surface area (TPSA) is 93.6 Å². The Hall–Kier alpha value is -2.63. The highest BCUT2D eigenvalue weighted by Gasteiger charge is 2.15. The minimum absolute atomic E-state index is 0.0381. The lowest BCUT2D eigenvalue weighted by Crippen LogP contribution is -2.17. The minimum atomic E-state index is -0.0381. The second-order valence-corrected chi connectivity index (χ2v) is 4.00. The molecule has 2 rings (SSSR count). The van der Waals surface area contributed by atoms with Gasteiger partial charge in [-0.2, -0.15) is 0 Å². The van der Waals surface area contributed by atoms with E-state index < -0.39 is 0 Å². The van der Waals surface area contributed by atoms with Crippen LogP contribution in [0.2, 0.25) is 0 Å². The molecule has 6 heteroatoms. The fourth-order valence-electron chi connectivity index (χ4n) is 1.77. The Kier molecular flexibility index (Phi) is 3.61. The minimum Gasteiger partial charge on any atom is -0.455 e. The molecule has 0 atom stereocenters. The molecule has 0 fully saturated rings. The number of ether oxygens (including phenoxy) is 1. The molecule has 98 valence electrons. The zero-order chi connectivity index (χ0) is 13.8. The molecule has 19 heavy (non-hydrogen) atoms. The molecule has 0 bridgehead atoms. The van der Waals surface area contributed by atoms with E-state index in [0.29, 0.717) is 22.8 Å². The van der Waals surface area contributed by atoms with E-state index in [2.05, 4.69) is 15.1 Å². The van der Waals surface area contributed by atoms with Crippen LogP contribution in [0, 0.1) is 13.8 Å². The van der Waals surface area contributed by atoms with E-state index in [1.807, 2.05) is 6.92 Å². The normalized spacial score (nSPS) is 11.4. The molecular weight excluding hydrogens is 244 g/mol. The molecule has 2 aromatic rings. The van der Waals surface area contributed by atoms with Crippen molar-refractivity contribution < 1.29 is 9.94 Å². The molecule has 0 saturated carbocycles. The summed E-state index contributed by atoms with van der Waals surface area (Å²) < 4.78 is 5.72. The maximum absolute atomic E-state index is 8.84. The van der Waals surface area contributed by atoms with Gasteiger partial charge in [0, 0.05) is 18.0 Å². The van der Waals surface area contributed by atoms with Crippen molar-refractivity contribution in [3.8, 4) is 11.5 Å². The van der Waals surface area contributed by atoms with Crippen LogP contribution >= 0.6 is 0 Å². The number of nitrogens with two attached hydrogens (primary N) is 1. The third kappa shape index (κ3) is 2.79. The van der Waals surface area contributed by atoms with E-state index in [4.69, 9.17) is 15.7 Å². The Bertz CT molecular complexity index is 612. The fourth-order valence-corrected chi connectivity index (χ4v) is 1.77. The molecule has 0 radical (unpaired) electrons. The van der Waals surface area contributed by atoms with Crippen LogP contribution in [0.5, 0.6) is 11.5 Å². The molecule has 3 N–H and O–H groups in total. The molecule has 0 spiro atoms. The highest BCUT2D eigenvalue weighted by atomic mass is 16.5. The fraction of sp³-hybridized carbons (Fsp3) is 0.154. The predicted octanol–water partition coefficient (Wildman–Crippen LogP) is 1.98. The van der Waals surface area contributed by atoms with Crippen LogP contribution in [0.25, 0.3) is 0 Å². The van der Waals surface area contributed by atoms with Crippen LogP contribution in [-0.2, 0) is 0 Å². The summed E-state index contributed by atoms with van der Waals surface area (Å²) in [4.78, 5) is 8.25. The van der Waals surface area contributed by atoms with Gasteiger partial charge < -0.3 is 15.7 Å². The van der Waals surface area contributed by atoms with Crippen molar-refractivity contribution in [2.24, 2.45) is 10.9 Å². The Morgan fingerprint density at radius 3 is 2.84 bits per heavy atom. The molecule has 0 unspecified atom stereocenters. The van der Waals surface area contributed by atoms with Crippen LogP contribution in [-0.4, -0.2) is 21.0 Å². The molecule has 0 aliphatic carbocycles. The third-order valence-corrected chi connectivity index (χ3v) is 2.52. The van der Waals surface area contributed by atoms with Gasteiger partial charge in [-0.25, -0.2) is 0 Å². The first-order valence-electron chi connectivity index (χ1n) is 5.66. The van der Waals surface area contributed by atoms with Crippen molar-refractivity contribution in [1.29, 1.82) is 0 Å². The van der Waals surface area contributed by atoms with E-state index >= 15 is 0 Å². The number of oxime groups is 1. The third-order valence-electron chi connectivity index (χ3n) is 2.52. The Labute approximate surface area is 110 Å². The van der Waals surface area contributed by atoms with E-state index in [-0.39, 0.29) is 5.84 Å². The van der Waals surface area contributed by atoms with Gasteiger partial charge in [-0.15, -0.1) is 0 Å². The van der Waals surface area contributed by atoms with E-state index in [1.54, 1.807) is 37.5 Å². The summed E-state index contributed by atoms with van der Waals surface area (Å²) in [5.41, 5.74) is 7.55. The SMILES string of the molecule is Cc1cc(Oc2cccnc2)c(/C(N)=N/O)c(C)n1. The first-order chi connectivity index (χ1) is 9.11. The Morgan fingerprint density at radius 2 is 2.21 bits per heavy atom. The van der Waals surface area contributed by atoms with Crippen molar-refractivity contribution >= 4 is 5.84 Å². The highest BCUT2D eigenvalue weighted by Crippen LogP contribution is 2.27. The van der Waals surface area contributed by atoms with Crippen molar-refractivity contribution in [1.82, 2.24) is 9.97 Å². The lowest BCUT2D eigenvalue weighted by molar-refractivity contribution is 0.318. The second kappa shape index (κ2) is 5.34. The largest absolute Gasteiger partial charge is 0.455 e. The van der Waals surface area contributed by atoms with E-state index in [1.165, 1.54) is 0 Å². The van der Waals surface area contributed by atoms with Gasteiger partial charge in [-0.05, 0) is 26.0 Å². The molecule has 2 aromatic heterocycles. The van der Waals surface area contributed by atoms with Crippen LogP contribution < -0.4 is 10.5 Å². The number of amidine groups is 1. The number of rotatable bonds is 3. The number of nitrogens with zero attached hydrogens (tertiary/aromatic N) is 3. The summed E-state index contributed by atoms with van der Waals surface area (Å²) in [5.74, 6) is 1.01. The predicted molar refractivity (Wildman–Crippen MR) is 70.5 cm³/mol. The van der Waals surface area contributed by atoms with Gasteiger partial charge in [-0.1, -0.05) is 5.16 Å². The average Bonchev–Trinajstić information content (AvgIpc) is 2.38. The molecule has 0 aromatic carbocycles. The molecule has 0 aliphatic heterocycles. The monoisotopic (exact) mass is 258 g/mol. The van der Waals surface area contributed by atoms with Crippen LogP contribution in [0.3, 0.4) is 0 Å². The quantitative estimate of drug-likeness (QED) is 0.380. The van der Waals surface area contributed by atoms with Crippen LogP contribution in [0.4, 0.5) is 0 Å². The number of hydrogen-bond donors (Lipinski definition) is 2. The van der Waals surface area contributed by atoms with Gasteiger partial charge >= 0.3 is 0 Å². The maximum Gasteiger partial charge on any atom is 0.175 e. The van der Waals surface area contributed by atoms with Crippen molar-refractivity contribution in [3.05, 3.63) is 47.5 Å². The zero-order valence-electron chi connectivity index (χ0n) is 10.7. The van der Waals surface area contributed by atoms with E-state index in [0.717, 1.165) is 5.69 Å². The lowest BCUT2D eigenvalue weighted by atomic mass is 10.1. The lowest BCUT2D eigenvalue weighted by Gasteiger charge is -2.12. The van der Waals surface area contributed by atoms with Crippen molar-refractivity contribution in [2.45, 2.75) is 13.8 Å². The van der Waals surface area contributed by atoms with Crippen molar-refractivity contribution in [3.63, 3.8) is 0 Å². The van der Waals surface area contributed by atoms with Crippen LogP contribution in [0.15, 0.2) is 35.7 Å².